The molecule has 250 valence electrons. The van der Waals surface area contributed by atoms with Crippen LogP contribution in [0.15, 0.2) is 164 Å². The molecule has 0 unspecified atom stereocenters. The normalized spacial score (nSPS) is 18.8. The van der Waals surface area contributed by atoms with Crippen molar-refractivity contribution < 1.29 is 23.7 Å². The number of nitrogens with zero attached hydrogens (tertiary/aromatic N) is 1. The third-order valence-electron chi connectivity index (χ3n) is 8.62. The van der Waals surface area contributed by atoms with Crippen LogP contribution >= 0.6 is 0 Å². The monoisotopic (exact) mass is 653 g/mol. The number of carbonyl (C=O) groups is 1. The Hall–Kier alpha value is -5.01. The van der Waals surface area contributed by atoms with Gasteiger partial charge in [0, 0.05) is 6.54 Å². The molecule has 0 aromatic heterocycles. The lowest BCUT2D eigenvalue weighted by atomic mass is 9.99. The second-order valence-corrected chi connectivity index (χ2v) is 12.2. The van der Waals surface area contributed by atoms with E-state index in [0.29, 0.717) is 32.8 Å². The van der Waals surface area contributed by atoms with Crippen molar-refractivity contribution in [1.82, 2.24) is 4.90 Å². The molecule has 1 aliphatic rings. The summed E-state index contributed by atoms with van der Waals surface area (Å²) in [5.74, 6) is 0. The van der Waals surface area contributed by atoms with Gasteiger partial charge in [-0.15, -0.1) is 0 Å². The fourth-order valence-electron chi connectivity index (χ4n) is 6.05. The summed E-state index contributed by atoms with van der Waals surface area (Å²) in [6.07, 6.45) is 2.73. The van der Waals surface area contributed by atoms with Crippen LogP contribution in [-0.4, -0.2) is 35.3 Å². The lowest BCUT2D eigenvalue weighted by Gasteiger charge is -2.40. The van der Waals surface area contributed by atoms with Gasteiger partial charge in [-0.1, -0.05) is 164 Å². The van der Waals surface area contributed by atoms with E-state index in [4.69, 9.17) is 18.9 Å². The van der Waals surface area contributed by atoms with Crippen LogP contribution in [0.2, 0.25) is 0 Å². The van der Waals surface area contributed by atoms with Crippen LogP contribution in [0.1, 0.15) is 34.2 Å². The van der Waals surface area contributed by atoms with Gasteiger partial charge < -0.3 is 18.9 Å². The molecule has 5 aromatic carbocycles. The van der Waals surface area contributed by atoms with E-state index in [9.17, 15) is 4.79 Å². The van der Waals surface area contributed by atoms with Crippen LogP contribution in [-0.2, 0) is 51.9 Å². The van der Waals surface area contributed by atoms with Crippen molar-refractivity contribution >= 4 is 6.09 Å². The zero-order valence-electron chi connectivity index (χ0n) is 27.6. The van der Waals surface area contributed by atoms with Gasteiger partial charge in [0.25, 0.3) is 0 Å². The molecule has 6 nitrogen and oxygen atoms in total. The summed E-state index contributed by atoms with van der Waals surface area (Å²) in [6, 6.07) is 49.6. The molecule has 6 rings (SSSR count). The molecule has 49 heavy (non-hydrogen) atoms. The second kappa shape index (κ2) is 17.9. The number of benzene rings is 5. The van der Waals surface area contributed by atoms with Gasteiger partial charge in [0.1, 0.15) is 24.9 Å². The minimum atomic E-state index is -0.562. The van der Waals surface area contributed by atoms with Gasteiger partial charge in [-0.25, -0.2) is 4.79 Å². The van der Waals surface area contributed by atoms with E-state index in [2.05, 4.69) is 24.3 Å². The summed E-state index contributed by atoms with van der Waals surface area (Å²) in [5, 5.41) is 0. The maximum atomic E-state index is 14.2. The zero-order valence-corrected chi connectivity index (χ0v) is 27.6. The van der Waals surface area contributed by atoms with E-state index in [0.717, 1.165) is 27.8 Å². The quantitative estimate of drug-likeness (QED) is 0.112. The Bertz CT molecular complexity index is 1700. The van der Waals surface area contributed by atoms with Crippen LogP contribution in [0.25, 0.3) is 0 Å². The molecule has 0 bridgehead atoms. The van der Waals surface area contributed by atoms with E-state index in [1.807, 2.05) is 140 Å². The van der Waals surface area contributed by atoms with Crippen molar-refractivity contribution in [1.29, 1.82) is 0 Å². The molecule has 0 fully saturated rings. The summed E-state index contributed by atoms with van der Waals surface area (Å²) in [6.45, 7) is 1.62. The number of rotatable bonds is 14. The van der Waals surface area contributed by atoms with Crippen molar-refractivity contribution in [2.75, 3.05) is 0 Å². The molecule has 0 saturated carbocycles. The minimum absolute atomic E-state index is 0.166. The minimum Gasteiger partial charge on any atom is -0.445 e. The number of carbonyl (C=O) groups excluding carboxylic acids is 1. The Morgan fingerprint density at radius 1 is 0.510 bits per heavy atom. The van der Waals surface area contributed by atoms with Gasteiger partial charge >= 0.3 is 6.09 Å². The van der Waals surface area contributed by atoms with E-state index >= 15 is 0 Å². The highest BCUT2D eigenvalue weighted by molar-refractivity contribution is 5.68. The van der Waals surface area contributed by atoms with Gasteiger partial charge in [0.15, 0.2) is 0 Å². The fourth-order valence-corrected chi connectivity index (χ4v) is 6.05. The first-order valence-electron chi connectivity index (χ1n) is 16.9. The smallest absolute Gasteiger partial charge is 0.410 e. The Kier molecular flexibility index (Phi) is 12.4. The van der Waals surface area contributed by atoms with Crippen molar-refractivity contribution in [2.24, 2.45) is 0 Å². The van der Waals surface area contributed by atoms with Gasteiger partial charge in [-0.2, -0.15) is 0 Å². The molecule has 1 amide bonds. The molecule has 0 heterocycles. The molecule has 0 aliphatic heterocycles. The Morgan fingerprint density at radius 3 is 1.41 bits per heavy atom. The molecular weight excluding hydrogens is 610 g/mol. The average molecular weight is 654 g/mol. The summed E-state index contributed by atoms with van der Waals surface area (Å²) < 4.78 is 26.3. The van der Waals surface area contributed by atoms with Crippen molar-refractivity contribution in [2.45, 2.75) is 63.7 Å². The first kappa shape index (κ1) is 33.9. The highest BCUT2D eigenvalue weighted by Gasteiger charge is 2.42. The molecule has 4 atom stereocenters. The third-order valence-corrected chi connectivity index (χ3v) is 8.62. The molecule has 6 heteroatoms. The van der Waals surface area contributed by atoms with Gasteiger partial charge in [0.05, 0.1) is 25.9 Å². The first-order chi connectivity index (χ1) is 24.2. The summed E-state index contributed by atoms with van der Waals surface area (Å²) >= 11 is 0. The molecular formula is C43H43NO5. The fraction of sp³-hybridized carbons (Fsp3) is 0.233. The van der Waals surface area contributed by atoms with E-state index in [-0.39, 0.29) is 6.61 Å². The molecule has 0 spiro atoms. The second-order valence-electron chi connectivity index (χ2n) is 12.2. The standard InChI is InChI=1S/C43H43NO5/c45-43(49-33-38-25-14-5-15-26-38)44(29-34-17-6-1-7-18-34)39-27-16-28-40(46-30-35-19-8-2-9-20-35)42(48-32-37-23-12-4-13-24-37)41(39)47-31-36-21-10-3-11-22-36/h1-26,28,39-42H,27,29-33H2/t39-,40-,41+,42+/m1/s1. The van der Waals surface area contributed by atoms with Gasteiger partial charge in [0.2, 0.25) is 0 Å². The predicted molar refractivity (Wildman–Crippen MR) is 191 cm³/mol. The topological polar surface area (TPSA) is 57.2 Å². The number of amides is 1. The summed E-state index contributed by atoms with van der Waals surface area (Å²) in [7, 11) is 0. The van der Waals surface area contributed by atoms with Crippen molar-refractivity contribution in [3.05, 3.63) is 192 Å². The van der Waals surface area contributed by atoms with Gasteiger partial charge in [-0.3, -0.25) is 4.90 Å². The van der Waals surface area contributed by atoms with Crippen LogP contribution in [0.3, 0.4) is 0 Å². The number of hydrogen-bond donors (Lipinski definition) is 0. The Balaban J connectivity index is 1.34. The molecule has 1 aliphatic carbocycles. The summed E-state index contributed by atoms with van der Waals surface area (Å²) in [4.78, 5) is 16.0. The number of ether oxygens (including phenoxy) is 4. The number of hydrogen-bond acceptors (Lipinski definition) is 5. The SMILES string of the molecule is O=C(OCc1ccccc1)N(Cc1ccccc1)[C@@H]1CC=C[C@@H](OCc2ccccc2)[C@H](OCc2ccccc2)[C@H]1OCc1ccccc1. The van der Waals surface area contributed by atoms with Crippen LogP contribution in [0.4, 0.5) is 4.79 Å². The van der Waals surface area contributed by atoms with Crippen molar-refractivity contribution in [3.8, 4) is 0 Å². The van der Waals surface area contributed by atoms with Crippen LogP contribution in [0, 0.1) is 0 Å². The van der Waals surface area contributed by atoms with Crippen molar-refractivity contribution in [3.63, 3.8) is 0 Å². The maximum absolute atomic E-state index is 14.2. The van der Waals surface area contributed by atoms with E-state index in [1.54, 1.807) is 4.90 Å². The van der Waals surface area contributed by atoms with Gasteiger partial charge in [-0.05, 0) is 34.2 Å². The first-order valence-corrected chi connectivity index (χ1v) is 16.9. The molecule has 0 radical (unpaired) electrons. The van der Waals surface area contributed by atoms with Crippen LogP contribution in [0.5, 0.6) is 0 Å². The lowest BCUT2D eigenvalue weighted by molar-refractivity contribution is -0.155. The Morgan fingerprint density at radius 2 is 0.918 bits per heavy atom. The van der Waals surface area contributed by atoms with E-state index in [1.165, 1.54) is 0 Å². The maximum Gasteiger partial charge on any atom is 0.410 e. The molecule has 5 aromatic rings. The average Bonchev–Trinajstić information content (AvgIpc) is 3.34. The Labute approximate surface area is 289 Å². The molecule has 0 saturated heterocycles. The lowest BCUT2D eigenvalue weighted by Crippen LogP contribution is -2.54. The molecule has 0 N–H and O–H groups in total. The third kappa shape index (κ3) is 10.00. The zero-order chi connectivity index (χ0) is 33.5. The summed E-state index contributed by atoms with van der Waals surface area (Å²) in [5.41, 5.74) is 5.05. The van der Waals surface area contributed by atoms with E-state index < -0.39 is 30.4 Å². The largest absolute Gasteiger partial charge is 0.445 e. The van der Waals surface area contributed by atoms with Crippen LogP contribution < -0.4 is 0 Å². The predicted octanol–water partition coefficient (Wildman–Crippen LogP) is 8.91. The highest BCUT2D eigenvalue weighted by Crippen LogP contribution is 2.30. The highest BCUT2D eigenvalue weighted by atomic mass is 16.6.